The molecule has 0 spiro atoms. The van der Waals surface area contributed by atoms with Crippen molar-refractivity contribution in [3.05, 3.63) is 35.4 Å². The van der Waals surface area contributed by atoms with Crippen molar-refractivity contribution in [2.24, 2.45) is 11.1 Å². The zero-order valence-electron chi connectivity index (χ0n) is 13.3. The number of hydrogen-bond acceptors (Lipinski definition) is 3. The molecule has 116 valence electrons. The lowest BCUT2D eigenvalue weighted by atomic mass is 9.65. The van der Waals surface area contributed by atoms with Crippen molar-refractivity contribution >= 4 is 0 Å². The number of piperidine rings is 1. The van der Waals surface area contributed by atoms with Crippen molar-refractivity contribution in [3.8, 4) is 0 Å². The third-order valence-electron chi connectivity index (χ3n) is 5.91. The maximum atomic E-state index is 11.4. The molecule has 0 bridgehead atoms. The minimum absolute atomic E-state index is 0.167. The first-order valence-corrected chi connectivity index (χ1v) is 8.23. The third kappa shape index (κ3) is 2.41. The molecule has 0 amide bonds. The lowest BCUT2D eigenvalue weighted by Gasteiger charge is -2.50. The molecule has 3 heteroatoms. The van der Waals surface area contributed by atoms with E-state index in [0.717, 1.165) is 38.8 Å². The number of rotatable bonds is 3. The highest BCUT2D eigenvalue weighted by atomic mass is 16.3. The van der Waals surface area contributed by atoms with Gasteiger partial charge in [0, 0.05) is 31.1 Å². The van der Waals surface area contributed by atoms with Crippen LogP contribution in [0.1, 0.15) is 37.8 Å². The molecular formula is C18H28N2O. The molecule has 0 atom stereocenters. The minimum Gasteiger partial charge on any atom is -0.389 e. The minimum atomic E-state index is -0.619. The molecule has 3 rings (SSSR count). The Kier molecular flexibility index (Phi) is 3.85. The number of nitrogens with zero attached hydrogens (tertiary/aromatic N) is 1. The van der Waals surface area contributed by atoms with Gasteiger partial charge in [0.1, 0.15) is 0 Å². The summed E-state index contributed by atoms with van der Waals surface area (Å²) in [6, 6.07) is 9.14. The summed E-state index contributed by atoms with van der Waals surface area (Å²) in [5.74, 6) is 0. The van der Waals surface area contributed by atoms with Gasteiger partial charge in [-0.25, -0.2) is 0 Å². The average Bonchev–Trinajstić information content (AvgIpc) is 2.88. The van der Waals surface area contributed by atoms with Gasteiger partial charge in [-0.1, -0.05) is 24.3 Å². The fraction of sp³-hybridized carbons (Fsp3) is 0.667. The third-order valence-corrected chi connectivity index (χ3v) is 5.91. The zero-order valence-corrected chi connectivity index (χ0v) is 13.3. The lowest BCUT2D eigenvalue weighted by Crippen LogP contribution is -2.59. The summed E-state index contributed by atoms with van der Waals surface area (Å²) in [5.41, 5.74) is 8.15. The molecule has 1 heterocycles. The van der Waals surface area contributed by atoms with Crippen molar-refractivity contribution in [2.75, 3.05) is 19.6 Å². The highest BCUT2D eigenvalue weighted by Crippen LogP contribution is 2.48. The maximum absolute atomic E-state index is 11.4. The first-order valence-electron chi connectivity index (χ1n) is 8.23. The van der Waals surface area contributed by atoms with Crippen molar-refractivity contribution in [2.45, 2.75) is 51.2 Å². The molecule has 1 aromatic rings. The molecule has 1 saturated heterocycles. The van der Waals surface area contributed by atoms with Gasteiger partial charge in [-0.05, 0) is 50.7 Å². The van der Waals surface area contributed by atoms with Crippen molar-refractivity contribution in [3.63, 3.8) is 0 Å². The van der Waals surface area contributed by atoms with E-state index in [4.69, 9.17) is 5.73 Å². The van der Waals surface area contributed by atoms with Gasteiger partial charge in [0.2, 0.25) is 0 Å². The Morgan fingerprint density at radius 1 is 1.14 bits per heavy atom. The molecule has 1 fully saturated rings. The van der Waals surface area contributed by atoms with E-state index in [1.165, 1.54) is 11.1 Å². The number of nitrogens with two attached hydrogens (primary N) is 1. The molecule has 1 aliphatic carbocycles. The Bertz CT molecular complexity index is 479. The Morgan fingerprint density at radius 3 is 2.10 bits per heavy atom. The molecule has 0 saturated carbocycles. The summed E-state index contributed by atoms with van der Waals surface area (Å²) < 4.78 is 0. The Labute approximate surface area is 128 Å². The van der Waals surface area contributed by atoms with Gasteiger partial charge in [0.25, 0.3) is 0 Å². The van der Waals surface area contributed by atoms with Gasteiger partial charge in [-0.2, -0.15) is 0 Å². The lowest BCUT2D eigenvalue weighted by molar-refractivity contribution is -0.117. The second-order valence-electron chi connectivity index (χ2n) is 7.27. The number of hydrogen-bond donors (Lipinski definition) is 2. The van der Waals surface area contributed by atoms with Crippen LogP contribution in [0, 0.1) is 5.41 Å². The van der Waals surface area contributed by atoms with Gasteiger partial charge in [-0.15, -0.1) is 0 Å². The number of fused-ring (bicyclic) bond motifs is 1. The SMILES string of the molecule is CC(C)N1CCC(O)(C2(CN)Cc3ccccc3C2)CC1. The molecule has 21 heavy (non-hydrogen) atoms. The molecule has 0 radical (unpaired) electrons. The Balaban J connectivity index is 1.82. The fourth-order valence-electron chi connectivity index (χ4n) is 4.30. The Morgan fingerprint density at radius 2 is 1.67 bits per heavy atom. The summed E-state index contributed by atoms with van der Waals surface area (Å²) >= 11 is 0. The van der Waals surface area contributed by atoms with Crippen LogP contribution in [-0.4, -0.2) is 41.3 Å². The second kappa shape index (κ2) is 5.38. The van der Waals surface area contributed by atoms with Crippen LogP contribution < -0.4 is 5.73 Å². The van der Waals surface area contributed by atoms with Crippen LogP contribution in [0.3, 0.4) is 0 Å². The molecule has 1 aliphatic heterocycles. The molecule has 0 unspecified atom stereocenters. The van der Waals surface area contributed by atoms with Crippen LogP contribution >= 0.6 is 0 Å². The summed E-state index contributed by atoms with van der Waals surface area (Å²) in [6.45, 7) is 6.99. The second-order valence-corrected chi connectivity index (χ2v) is 7.27. The highest BCUT2D eigenvalue weighted by Gasteiger charge is 2.53. The van der Waals surface area contributed by atoms with E-state index in [-0.39, 0.29) is 5.41 Å². The maximum Gasteiger partial charge on any atom is 0.0746 e. The average molecular weight is 288 g/mol. The van der Waals surface area contributed by atoms with Crippen molar-refractivity contribution in [1.82, 2.24) is 4.90 Å². The van der Waals surface area contributed by atoms with E-state index in [2.05, 4.69) is 43.0 Å². The number of benzene rings is 1. The van der Waals surface area contributed by atoms with Crippen molar-refractivity contribution in [1.29, 1.82) is 0 Å². The van der Waals surface area contributed by atoms with E-state index in [9.17, 15) is 5.11 Å². The molecular weight excluding hydrogens is 260 g/mol. The first-order chi connectivity index (χ1) is 10.00. The monoisotopic (exact) mass is 288 g/mol. The summed E-state index contributed by atoms with van der Waals surface area (Å²) in [6.07, 6.45) is 3.54. The van der Waals surface area contributed by atoms with Crippen LogP contribution in [0.15, 0.2) is 24.3 Å². The van der Waals surface area contributed by atoms with E-state index >= 15 is 0 Å². The van der Waals surface area contributed by atoms with Crippen LogP contribution in [0.5, 0.6) is 0 Å². The van der Waals surface area contributed by atoms with Gasteiger partial charge in [-0.3, -0.25) is 0 Å². The van der Waals surface area contributed by atoms with E-state index in [1.807, 2.05) is 0 Å². The molecule has 0 aromatic heterocycles. The smallest absolute Gasteiger partial charge is 0.0746 e. The predicted octanol–water partition coefficient (Wildman–Crippen LogP) is 1.97. The van der Waals surface area contributed by atoms with E-state index < -0.39 is 5.60 Å². The van der Waals surface area contributed by atoms with Gasteiger partial charge < -0.3 is 15.7 Å². The largest absolute Gasteiger partial charge is 0.389 e. The Hall–Kier alpha value is -0.900. The predicted molar refractivity (Wildman–Crippen MR) is 86.2 cm³/mol. The normalized spacial score (nSPS) is 24.2. The summed E-state index contributed by atoms with van der Waals surface area (Å²) in [5, 5.41) is 11.4. The highest BCUT2D eigenvalue weighted by molar-refractivity contribution is 5.36. The van der Waals surface area contributed by atoms with Crippen LogP contribution in [0.2, 0.25) is 0 Å². The molecule has 1 aromatic carbocycles. The topological polar surface area (TPSA) is 49.5 Å². The van der Waals surface area contributed by atoms with Gasteiger partial charge in [0.05, 0.1) is 5.60 Å². The fourth-order valence-corrected chi connectivity index (χ4v) is 4.30. The first kappa shape index (κ1) is 15.0. The quantitative estimate of drug-likeness (QED) is 0.894. The number of aliphatic hydroxyl groups is 1. The van der Waals surface area contributed by atoms with E-state index in [0.29, 0.717) is 12.6 Å². The summed E-state index contributed by atoms with van der Waals surface area (Å²) in [7, 11) is 0. The standard InChI is InChI=1S/C18H28N2O/c1-14(2)20-9-7-18(21,8-10-20)17(13-19)11-15-5-3-4-6-16(15)12-17/h3-6,14,21H,7-13,19H2,1-2H3. The van der Waals surface area contributed by atoms with Crippen LogP contribution in [-0.2, 0) is 12.8 Å². The molecule has 3 nitrogen and oxygen atoms in total. The van der Waals surface area contributed by atoms with Crippen molar-refractivity contribution < 1.29 is 5.11 Å². The molecule has 2 aliphatic rings. The summed E-state index contributed by atoms with van der Waals surface area (Å²) in [4.78, 5) is 2.46. The van der Waals surface area contributed by atoms with Gasteiger partial charge in [0.15, 0.2) is 0 Å². The van der Waals surface area contributed by atoms with E-state index in [1.54, 1.807) is 0 Å². The van der Waals surface area contributed by atoms with Crippen LogP contribution in [0.4, 0.5) is 0 Å². The van der Waals surface area contributed by atoms with Gasteiger partial charge >= 0.3 is 0 Å². The number of likely N-dealkylation sites (tertiary alicyclic amines) is 1. The van der Waals surface area contributed by atoms with Crippen LogP contribution in [0.25, 0.3) is 0 Å². The zero-order chi connectivity index (χ0) is 15.1. The molecule has 3 N–H and O–H groups in total.